The van der Waals surface area contributed by atoms with Gasteiger partial charge in [0.2, 0.25) is 0 Å². The summed E-state index contributed by atoms with van der Waals surface area (Å²) >= 11 is 0. The molecule has 0 aliphatic heterocycles. The van der Waals surface area contributed by atoms with Gasteiger partial charge >= 0.3 is 0 Å². The Balaban J connectivity index is 1.99. The molecule has 1 amide bonds. The van der Waals surface area contributed by atoms with E-state index >= 15 is 0 Å². The lowest BCUT2D eigenvalue weighted by molar-refractivity contribution is 0.0868. The maximum atomic E-state index is 12.1. The highest BCUT2D eigenvalue weighted by Gasteiger charge is 2.22. The van der Waals surface area contributed by atoms with Crippen molar-refractivity contribution in [3.63, 3.8) is 0 Å². The summed E-state index contributed by atoms with van der Waals surface area (Å²) in [6, 6.07) is 1.94. The summed E-state index contributed by atoms with van der Waals surface area (Å²) in [6.45, 7) is 0. The molecular weight excluding hydrogens is 230 g/mol. The molecule has 0 unspecified atom stereocenters. The summed E-state index contributed by atoms with van der Waals surface area (Å²) in [5.41, 5.74) is 1.34. The quantitative estimate of drug-likeness (QED) is 0.751. The van der Waals surface area contributed by atoms with Crippen LogP contribution in [0.25, 0.3) is 0 Å². The number of nitrogens with one attached hydrogen (secondary N) is 2. The molecule has 0 atom stereocenters. The van der Waals surface area contributed by atoms with Crippen LogP contribution in [0.2, 0.25) is 0 Å². The SMILES string of the molecule is CNc1ccncc1C(=O)NC1CCC(O)CC1. The van der Waals surface area contributed by atoms with E-state index < -0.39 is 0 Å². The van der Waals surface area contributed by atoms with Crippen LogP contribution in [0.4, 0.5) is 5.69 Å². The van der Waals surface area contributed by atoms with Crippen molar-refractivity contribution in [2.45, 2.75) is 37.8 Å². The molecule has 1 fully saturated rings. The zero-order valence-corrected chi connectivity index (χ0v) is 10.5. The number of aliphatic hydroxyl groups is 1. The van der Waals surface area contributed by atoms with E-state index in [1.54, 1.807) is 25.5 Å². The number of pyridine rings is 1. The highest BCUT2D eigenvalue weighted by atomic mass is 16.3. The number of aromatic nitrogens is 1. The molecule has 18 heavy (non-hydrogen) atoms. The lowest BCUT2D eigenvalue weighted by Gasteiger charge is -2.26. The number of aliphatic hydroxyl groups excluding tert-OH is 1. The highest BCUT2D eigenvalue weighted by molar-refractivity contribution is 5.99. The van der Waals surface area contributed by atoms with Crippen LogP contribution >= 0.6 is 0 Å². The van der Waals surface area contributed by atoms with Crippen molar-refractivity contribution >= 4 is 11.6 Å². The smallest absolute Gasteiger partial charge is 0.255 e. The molecular formula is C13H19N3O2. The number of amides is 1. The maximum Gasteiger partial charge on any atom is 0.255 e. The van der Waals surface area contributed by atoms with Crippen LogP contribution in [0.15, 0.2) is 18.5 Å². The molecule has 5 nitrogen and oxygen atoms in total. The second-order valence-electron chi connectivity index (χ2n) is 4.65. The van der Waals surface area contributed by atoms with Crippen molar-refractivity contribution < 1.29 is 9.90 Å². The minimum Gasteiger partial charge on any atom is -0.393 e. The van der Waals surface area contributed by atoms with Crippen LogP contribution in [0.5, 0.6) is 0 Å². The Labute approximate surface area is 107 Å². The molecule has 1 aromatic rings. The molecule has 3 N–H and O–H groups in total. The Morgan fingerprint density at radius 2 is 2.11 bits per heavy atom. The Morgan fingerprint density at radius 3 is 2.78 bits per heavy atom. The van der Waals surface area contributed by atoms with E-state index in [1.165, 1.54) is 0 Å². The topological polar surface area (TPSA) is 74.2 Å². The molecule has 1 aromatic heterocycles. The van der Waals surface area contributed by atoms with Crippen molar-refractivity contribution in [2.24, 2.45) is 0 Å². The predicted octanol–water partition coefficient (Wildman–Crippen LogP) is 1.16. The third-order valence-electron chi connectivity index (χ3n) is 3.37. The van der Waals surface area contributed by atoms with E-state index in [0.717, 1.165) is 31.4 Å². The van der Waals surface area contributed by atoms with Gasteiger partial charge in [0.25, 0.3) is 5.91 Å². The maximum absolute atomic E-state index is 12.1. The van der Waals surface area contributed by atoms with Gasteiger partial charge in [-0.1, -0.05) is 0 Å². The van der Waals surface area contributed by atoms with Gasteiger partial charge in [0, 0.05) is 31.2 Å². The van der Waals surface area contributed by atoms with Gasteiger partial charge in [-0.3, -0.25) is 9.78 Å². The Kier molecular flexibility index (Phi) is 4.15. The number of carbonyl (C=O) groups is 1. The van der Waals surface area contributed by atoms with E-state index in [2.05, 4.69) is 15.6 Å². The Bertz CT molecular complexity index is 414. The van der Waals surface area contributed by atoms with Crippen LogP contribution in [0.1, 0.15) is 36.0 Å². The van der Waals surface area contributed by atoms with E-state index in [4.69, 9.17) is 0 Å². The molecule has 0 radical (unpaired) electrons. The monoisotopic (exact) mass is 249 g/mol. The normalized spacial score (nSPS) is 23.4. The molecule has 0 aromatic carbocycles. The van der Waals surface area contributed by atoms with Gasteiger partial charge in [-0.25, -0.2) is 0 Å². The van der Waals surface area contributed by atoms with E-state index in [1.807, 2.05) is 0 Å². The summed E-state index contributed by atoms with van der Waals surface area (Å²) in [5.74, 6) is -0.103. The molecule has 5 heteroatoms. The summed E-state index contributed by atoms with van der Waals surface area (Å²) in [4.78, 5) is 16.1. The number of rotatable bonds is 3. The minimum atomic E-state index is -0.204. The van der Waals surface area contributed by atoms with Gasteiger partial charge < -0.3 is 15.7 Å². The Morgan fingerprint density at radius 1 is 1.39 bits per heavy atom. The minimum absolute atomic E-state index is 0.103. The first-order chi connectivity index (χ1) is 8.70. The second-order valence-corrected chi connectivity index (χ2v) is 4.65. The summed E-state index contributed by atoms with van der Waals surface area (Å²) in [5, 5.41) is 15.4. The molecule has 1 aliphatic carbocycles. The predicted molar refractivity (Wildman–Crippen MR) is 69.5 cm³/mol. The van der Waals surface area contributed by atoms with Gasteiger partial charge in [0.15, 0.2) is 0 Å². The van der Waals surface area contributed by atoms with Crippen molar-refractivity contribution in [3.05, 3.63) is 24.0 Å². The molecule has 1 heterocycles. The van der Waals surface area contributed by atoms with Crippen LogP contribution in [-0.4, -0.2) is 35.2 Å². The van der Waals surface area contributed by atoms with Crippen LogP contribution < -0.4 is 10.6 Å². The lowest BCUT2D eigenvalue weighted by atomic mass is 9.93. The third-order valence-corrected chi connectivity index (χ3v) is 3.37. The number of hydrogen-bond acceptors (Lipinski definition) is 4. The summed E-state index contributed by atoms with van der Waals surface area (Å²) in [7, 11) is 1.78. The van der Waals surface area contributed by atoms with Gasteiger partial charge in [-0.15, -0.1) is 0 Å². The van der Waals surface area contributed by atoms with Gasteiger partial charge in [0.1, 0.15) is 0 Å². The zero-order chi connectivity index (χ0) is 13.0. The highest BCUT2D eigenvalue weighted by Crippen LogP contribution is 2.19. The zero-order valence-electron chi connectivity index (χ0n) is 10.5. The van der Waals surface area contributed by atoms with E-state index in [0.29, 0.717) is 5.56 Å². The van der Waals surface area contributed by atoms with Crippen LogP contribution in [0.3, 0.4) is 0 Å². The molecule has 1 saturated carbocycles. The number of carbonyl (C=O) groups excluding carboxylic acids is 1. The van der Waals surface area contributed by atoms with Crippen molar-refractivity contribution in [2.75, 3.05) is 12.4 Å². The fourth-order valence-electron chi connectivity index (χ4n) is 2.28. The first-order valence-electron chi connectivity index (χ1n) is 6.31. The number of nitrogens with zero attached hydrogens (tertiary/aromatic N) is 1. The largest absolute Gasteiger partial charge is 0.393 e. The lowest BCUT2D eigenvalue weighted by Crippen LogP contribution is -2.38. The van der Waals surface area contributed by atoms with E-state index in [-0.39, 0.29) is 18.1 Å². The fourth-order valence-corrected chi connectivity index (χ4v) is 2.28. The van der Waals surface area contributed by atoms with Gasteiger partial charge in [0.05, 0.1) is 11.7 Å². The molecule has 1 aliphatic rings. The summed E-state index contributed by atoms with van der Waals surface area (Å²) in [6.07, 6.45) is 6.21. The average Bonchev–Trinajstić information content (AvgIpc) is 2.41. The third kappa shape index (κ3) is 2.98. The van der Waals surface area contributed by atoms with Crippen molar-refractivity contribution in [3.8, 4) is 0 Å². The van der Waals surface area contributed by atoms with Crippen molar-refractivity contribution in [1.82, 2.24) is 10.3 Å². The van der Waals surface area contributed by atoms with Crippen molar-refractivity contribution in [1.29, 1.82) is 0 Å². The molecule has 98 valence electrons. The summed E-state index contributed by atoms with van der Waals surface area (Å²) < 4.78 is 0. The molecule has 0 bridgehead atoms. The first-order valence-corrected chi connectivity index (χ1v) is 6.31. The standard InChI is InChI=1S/C13H19N3O2/c1-14-12-6-7-15-8-11(12)13(18)16-9-2-4-10(17)5-3-9/h6-10,17H,2-5H2,1H3,(H,14,15)(H,16,18). The fraction of sp³-hybridized carbons (Fsp3) is 0.538. The molecule has 0 spiro atoms. The first kappa shape index (κ1) is 12.8. The second kappa shape index (κ2) is 5.82. The van der Waals surface area contributed by atoms with Crippen LogP contribution in [-0.2, 0) is 0 Å². The van der Waals surface area contributed by atoms with Gasteiger partial charge in [-0.05, 0) is 31.7 Å². The Hall–Kier alpha value is -1.62. The molecule has 0 saturated heterocycles. The van der Waals surface area contributed by atoms with E-state index in [9.17, 15) is 9.90 Å². The number of hydrogen-bond donors (Lipinski definition) is 3. The average molecular weight is 249 g/mol. The number of anilines is 1. The molecule has 2 rings (SSSR count). The van der Waals surface area contributed by atoms with Crippen LogP contribution in [0, 0.1) is 0 Å². The van der Waals surface area contributed by atoms with Gasteiger partial charge in [-0.2, -0.15) is 0 Å².